The van der Waals surface area contributed by atoms with Crippen LogP contribution in [0.3, 0.4) is 0 Å². The van der Waals surface area contributed by atoms with Crippen LogP contribution in [0.25, 0.3) is 6.08 Å². The van der Waals surface area contributed by atoms with Crippen molar-refractivity contribution >= 4 is 23.6 Å². The van der Waals surface area contributed by atoms with Gasteiger partial charge in [-0.1, -0.05) is 12.1 Å². The quantitative estimate of drug-likeness (QED) is 0.415. The van der Waals surface area contributed by atoms with Gasteiger partial charge in [0, 0.05) is 11.8 Å². The van der Waals surface area contributed by atoms with Crippen molar-refractivity contribution in [1.29, 1.82) is 5.26 Å². The molecule has 8 heteroatoms. The minimum Gasteiger partial charge on any atom is -0.497 e. The number of ether oxygens (including phenoxy) is 4. The third-order valence-corrected chi connectivity index (χ3v) is 3.77. The van der Waals surface area contributed by atoms with Crippen molar-refractivity contribution < 1.29 is 28.5 Å². The molecule has 0 radical (unpaired) electrons. The lowest BCUT2D eigenvalue weighted by molar-refractivity contribution is -0.142. The summed E-state index contributed by atoms with van der Waals surface area (Å²) in [5.41, 5.74) is 0.834. The molecule has 0 spiro atoms. The van der Waals surface area contributed by atoms with Crippen LogP contribution in [0.15, 0.2) is 48.0 Å². The van der Waals surface area contributed by atoms with E-state index in [1.165, 1.54) is 27.4 Å². The number of nitriles is 1. The van der Waals surface area contributed by atoms with Gasteiger partial charge in [0.05, 0.1) is 21.3 Å². The molecule has 0 saturated heterocycles. The summed E-state index contributed by atoms with van der Waals surface area (Å²) >= 11 is 0. The Balaban J connectivity index is 1.96. The maximum absolute atomic E-state index is 12.1. The first-order valence-electron chi connectivity index (χ1n) is 8.45. The molecule has 0 aliphatic heterocycles. The van der Waals surface area contributed by atoms with E-state index >= 15 is 0 Å². The Kier molecular flexibility index (Phi) is 7.62. The van der Waals surface area contributed by atoms with Crippen LogP contribution < -0.4 is 19.5 Å². The highest BCUT2D eigenvalue weighted by molar-refractivity contribution is 6.00. The van der Waals surface area contributed by atoms with Gasteiger partial charge in [-0.05, 0) is 35.9 Å². The van der Waals surface area contributed by atoms with E-state index in [-0.39, 0.29) is 5.57 Å². The predicted octanol–water partition coefficient (Wildman–Crippen LogP) is 2.80. The molecule has 2 rings (SSSR count). The van der Waals surface area contributed by atoms with Crippen LogP contribution in [0.1, 0.15) is 5.56 Å². The van der Waals surface area contributed by atoms with Crippen LogP contribution in [-0.4, -0.2) is 39.8 Å². The van der Waals surface area contributed by atoms with Gasteiger partial charge in [0.2, 0.25) is 0 Å². The summed E-state index contributed by atoms with van der Waals surface area (Å²) in [4.78, 5) is 24.1. The van der Waals surface area contributed by atoms with E-state index in [4.69, 9.17) is 18.9 Å². The van der Waals surface area contributed by atoms with Crippen LogP contribution >= 0.6 is 0 Å². The summed E-state index contributed by atoms with van der Waals surface area (Å²) in [5.74, 6) is 0.142. The average Bonchev–Trinajstić information content (AvgIpc) is 2.76. The summed E-state index contributed by atoms with van der Waals surface area (Å²) in [5, 5.41) is 11.8. The van der Waals surface area contributed by atoms with Gasteiger partial charge >= 0.3 is 5.97 Å². The molecule has 0 fully saturated rings. The molecule has 29 heavy (non-hydrogen) atoms. The monoisotopic (exact) mass is 396 g/mol. The number of carbonyl (C=O) groups is 2. The molecule has 0 aromatic heterocycles. The van der Waals surface area contributed by atoms with E-state index in [0.717, 1.165) is 0 Å². The number of methoxy groups -OCH3 is 3. The number of esters is 1. The first-order chi connectivity index (χ1) is 14.0. The summed E-state index contributed by atoms with van der Waals surface area (Å²) in [7, 11) is 4.52. The normalized spacial score (nSPS) is 10.5. The van der Waals surface area contributed by atoms with Crippen molar-refractivity contribution in [3.05, 3.63) is 53.6 Å². The van der Waals surface area contributed by atoms with Crippen LogP contribution in [0, 0.1) is 11.3 Å². The van der Waals surface area contributed by atoms with Gasteiger partial charge in [0.15, 0.2) is 18.1 Å². The second kappa shape index (κ2) is 10.4. The van der Waals surface area contributed by atoms with Crippen molar-refractivity contribution in [2.75, 3.05) is 33.3 Å². The Morgan fingerprint density at radius 3 is 2.28 bits per heavy atom. The number of hydrogen-bond acceptors (Lipinski definition) is 7. The highest BCUT2D eigenvalue weighted by atomic mass is 16.5. The zero-order valence-corrected chi connectivity index (χ0v) is 16.2. The lowest BCUT2D eigenvalue weighted by Crippen LogP contribution is -2.21. The average molecular weight is 396 g/mol. The molecule has 2 aromatic rings. The molecular weight excluding hydrogens is 376 g/mol. The third kappa shape index (κ3) is 6.01. The molecule has 2 aromatic carbocycles. The number of anilines is 1. The minimum absolute atomic E-state index is 0.228. The standard InChI is InChI=1S/C21H20N2O6/c1-26-17-7-4-14(5-8-17)10-15(12-22)21(25)29-13-20(24)23-16-6-9-18(27-2)19(11-16)28-3/h4-11H,13H2,1-3H3,(H,23,24)/b15-10+. The molecule has 0 bridgehead atoms. The Morgan fingerprint density at radius 1 is 1.00 bits per heavy atom. The number of amides is 1. The van der Waals surface area contributed by atoms with E-state index in [9.17, 15) is 14.9 Å². The van der Waals surface area contributed by atoms with Gasteiger partial charge in [-0.25, -0.2) is 4.79 Å². The zero-order valence-electron chi connectivity index (χ0n) is 16.2. The van der Waals surface area contributed by atoms with Crippen molar-refractivity contribution in [3.63, 3.8) is 0 Å². The number of hydrogen-bond donors (Lipinski definition) is 1. The van der Waals surface area contributed by atoms with Crippen molar-refractivity contribution in [3.8, 4) is 23.3 Å². The van der Waals surface area contributed by atoms with E-state index in [0.29, 0.717) is 28.5 Å². The summed E-state index contributed by atoms with van der Waals surface area (Å²) in [6.45, 7) is -0.547. The molecule has 0 aliphatic carbocycles. The Hall–Kier alpha value is -3.99. The summed E-state index contributed by atoms with van der Waals surface area (Å²) in [6.07, 6.45) is 1.37. The molecule has 1 N–H and O–H groups in total. The van der Waals surface area contributed by atoms with Gasteiger partial charge in [0.25, 0.3) is 5.91 Å². The van der Waals surface area contributed by atoms with Gasteiger partial charge in [-0.3, -0.25) is 4.79 Å². The van der Waals surface area contributed by atoms with Crippen LogP contribution in [0.5, 0.6) is 17.2 Å². The minimum atomic E-state index is -0.897. The number of nitrogens with one attached hydrogen (secondary N) is 1. The fourth-order valence-corrected chi connectivity index (χ4v) is 2.32. The third-order valence-electron chi connectivity index (χ3n) is 3.77. The van der Waals surface area contributed by atoms with Crippen molar-refractivity contribution in [1.82, 2.24) is 0 Å². The van der Waals surface area contributed by atoms with Crippen molar-refractivity contribution in [2.24, 2.45) is 0 Å². The SMILES string of the molecule is COc1ccc(/C=C(\C#N)C(=O)OCC(=O)Nc2ccc(OC)c(OC)c2)cc1. The maximum Gasteiger partial charge on any atom is 0.349 e. The number of rotatable bonds is 8. The smallest absolute Gasteiger partial charge is 0.349 e. The fourth-order valence-electron chi connectivity index (χ4n) is 2.32. The lowest BCUT2D eigenvalue weighted by atomic mass is 10.1. The first-order valence-corrected chi connectivity index (χ1v) is 8.45. The van der Waals surface area contributed by atoms with Gasteiger partial charge in [-0.15, -0.1) is 0 Å². The van der Waals surface area contributed by atoms with Gasteiger partial charge < -0.3 is 24.3 Å². The van der Waals surface area contributed by atoms with E-state index in [2.05, 4.69) is 5.32 Å². The zero-order chi connectivity index (χ0) is 21.2. The molecular formula is C21H20N2O6. The number of nitrogens with zero attached hydrogens (tertiary/aromatic N) is 1. The van der Waals surface area contributed by atoms with Gasteiger partial charge in [0.1, 0.15) is 17.4 Å². The Labute approximate surface area is 168 Å². The summed E-state index contributed by atoms with van der Waals surface area (Å²) < 4.78 is 20.3. The van der Waals surface area contributed by atoms with E-state index in [1.807, 2.05) is 0 Å². The molecule has 8 nitrogen and oxygen atoms in total. The largest absolute Gasteiger partial charge is 0.497 e. The molecule has 0 aliphatic rings. The molecule has 0 atom stereocenters. The molecule has 0 saturated carbocycles. The predicted molar refractivity (Wildman–Crippen MR) is 106 cm³/mol. The molecule has 150 valence electrons. The highest BCUT2D eigenvalue weighted by Crippen LogP contribution is 2.29. The number of benzene rings is 2. The second-order valence-corrected chi connectivity index (χ2v) is 5.64. The van der Waals surface area contributed by atoms with Crippen LogP contribution in [-0.2, 0) is 14.3 Å². The van der Waals surface area contributed by atoms with E-state index in [1.54, 1.807) is 48.5 Å². The summed E-state index contributed by atoms with van der Waals surface area (Å²) in [6, 6.07) is 13.4. The fraction of sp³-hybridized carbons (Fsp3) is 0.190. The second-order valence-electron chi connectivity index (χ2n) is 5.64. The van der Waals surface area contributed by atoms with Gasteiger partial charge in [-0.2, -0.15) is 5.26 Å². The van der Waals surface area contributed by atoms with Crippen LogP contribution in [0.4, 0.5) is 5.69 Å². The maximum atomic E-state index is 12.1. The molecule has 0 heterocycles. The topological polar surface area (TPSA) is 107 Å². The highest BCUT2D eigenvalue weighted by Gasteiger charge is 2.14. The number of carbonyl (C=O) groups excluding carboxylic acids is 2. The van der Waals surface area contributed by atoms with E-state index < -0.39 is 18.5 Å². The lowest BCUT2D eigenvalue weighted by Gasteiger charge is -2.10. The van der Waals surface area contributed by atoms with Crippen molar-refractivity contribution in [2.45, 2.75) is 0 Å². The first kappa shape index (κ1) is 21.3. The van der Waals surface area contributed by atoms with Crippen LogP contribution in [0.2, 0.25) is 0 Å². The molecule has 1 amide bonds. The Morgan fingerprint density at radius 2 is 1.69 bits per heavy atom. The Bertz CT molecular complexity index is 945. The molecule has 0 unspecified atom stereocenters.